The zero-order valence-electron chi connectivity index (χ0n) is 43.8. The molecule has 0 fully saturated rings. The summed E-state index contributed by atoms with van der Waals surface area (Å²) in [6.45, 7) is 9.09. The van der Waals surface area contributed by atoms with Gasteiger partial charge in [-0.2, -0.15) is 0 Å². The molecule has 64 heavy (non-hydrogen) atoms. The molecule has 0 aliphatic heterocycles. The van der Waals surface area contributed by atoms with Gasteiger partial charge in [-0.15, -0.1) is 0 Å². The molecule has 0 N–H and O–H groups in total. The number of hydrogen-bond acceptors (Lipinski definition) is 6. The van der Waals surface area contributed by atoms with Crippen molar-refractivity contribution in [2.24, 2.45) is 5.92 Å². The Morgan fingerprint density at radius 3 is 0.812 bits per heavy atom. The van der Waals surface area contributed by atoms with E-state index in [1.165, 1.54) is 225 Å². The van der Waals surface area contributed by atoms with Gasteiger partial charge >= 0.3 is 17.9 Å². The van der Waals surface area contributed by atoms with Crippen molar-refractivity contribution in [2.75, 3.05) is 13.2 Å². The largest absolute Gasteiger partial charge is 0.462 e. The molecule has 0 aromatic rings. The summed E-state index contributed by atoms with van der Waals surface area (Å²) < 4.78 is 16.8. The molecule has 0 aromatic carbocycles. The normalized spacial score (nSPS) is 12.4. The molecule has 6 heteroatoms. The molecule has 380 valence electrons. The smallest absolute Gasteiger partial charge is 0.306 e. The van der Waals surface area contributed by atoms with Crippen LogP contribution in [0.25, 0.3) is 0 Å². The molecular formula is C58H112O6. The minimum atomic E-state index is -0.760. The highest BCUT2D eigenvalue weighted by Crippen LogP contribution is 2.18. The average molecular weight is 906 g/mol. The van der Waals surface area contributed by atoms with Crippen LogP contribution in [-0.2, 0) is 28.6 Å². The monoisotopic (exact) mass is 905 g/mol. The van der Waals surface area contributed by atoms with E-state index in [-0.39, 0.29) is 31.1 Å². The Kier molecular flexibility index (Phi) is 51.1. The standard InChI is InChI=1S/C58H112O6/c1-5-8-10-12-14-16-18-19-27-31-35-39-43-47-51-58(61)64-55(52-62-56(59)49-45-41-37-33-17-15-13-11-9-6-2)53-63-57(60)50-46-42-38-34-30-28-25-23-21-20-22-24-26-29-32-36-40-44-48-54(4)7-3/h54-55H,5-53H2,1-4H3/t54?,55-/m1/s1. The molecule has 0 rings (SSSR count). The highest BCUT2D eigenvalue weighted by Gasteiger charge is 2.19. The molecular weight excluding hydrogens is 793 g/mol. The summed E-state index contributed by atoms with van der Waals surface area (Å²) in [5, 5.41) is 0. The van der Waals surface area contributed by atoms with Gasteiger partial charge < -0.3 is 14.2 Å². The Bertz CT molecular complexity index is 966. The van der Waals surface area contributed by atoms with Gasteiger partial charge in [0, 0.05) is 19.3 Å². The van der Waals surface area contributed by atoms with Gasteiger partial charge in [-0.05, 0) is 25.2 Å². The van der Waals surface area contributed by atoms with Crippen LogP contribution in [0.5, 0.6) is 0 Å². The van der Waals surface area contributed by atoms with E-state index in [1.54, 1.807) is 0 Å². The van der Waals surface area contributed by atoms with E-state index in [2.05, 4.69) is 27.7 Å². The predicted octanol–water partition coefficient (Wildman–Crippen LogP) is 19.0. The lowest BCUT2D eigenvalue weighted by Gasteiger charge is -2.18. The number of rotatable bonds is 53. The number of carbonyl (C=O) groups excluding carboxylic acids is 3. The van der Waals surface area contributed by atoms with Crippen molar-refractivity contribution in [1.82, 2.24) is 0 Å². The van der Waals surface area contributed by atoms with Crippen LogP contribution >= 0.6 is 0 Å². The second-order valence-electron chi connectivity index (χ2n) is 20.2. The number of hydrogen-bond donors (Lipinski definition) is 0. The predicted molar refractivity (Wildman–Crippen MR) is 275 cm³/mol. The first kappa shape index (κ1) is 62.4. The maximum absolute atomic E-state index is 12.8. The maximum atomic E-state index is 12.8. The van der Waals surface area contributed by atoms with Crippen molar-refractivity contribution in [3.8, 4) is 0 Å². The molecule has 1 unspecified atom stereocenters. The Morgan fingerprint density at radius 2 is 0.547 bits per heavy atom. The fourth-order valence-electron chi connectivity index (χ4n) is 8.89. The number of ether oxygens (including phenoxy) is 3. The van der Waals surface area contributed by atoms with E-state index in [9.17, 15) is 14.4 Å². The van der Waals surface area contributed by atoms with Crippen molar-refractivity contribution in [3.63, 3.8) is 0 Å². The van der Waals surface area contributed by atoms with E-state index >= 15 is 0 Å². The van der Waals surface area contributed by atoms with Crippen molar-refractivity contribution in [2.45, 2.75) is 336 Å². The van der Waals surface area contributed by atoms with Gasteiger partial charge in [-0.1, -0.05) is 291 Å². The van der Waals surface area contributed by atoms with Gasteiger partial charge in [0.25, 0.3) is 0 Å². The summed E-state index contributed by atoms with van der Waals surface area (Å²) in [5.41, 5.74) is 0. The van der Waals surface area contributed by atoms with Gasteiger partial charge in [0.1, 0.15) is 13.2 Å². The second kappa shape index (κ2) is 52.4. The molecule has 0 aromatic heterocycles. The summed E-state index contributed by atoms with van der Waals surface area (Å²) >= 11 is 0. The van der Waals surface area contributed by atoms with Crippen LogP contribution in [0.4, 0.5) is 0 Å². The molecule has 0 spiro atoms. The molecule has 0 bridgehead atoms. The molecule has 0 aliphatic carbocycles. The quantitative estimate of drug-likeness (QED) is 0.0344. The van der Waals surface area contributed by atoms with Gasteiger partial charge in [0.05, 0.1) is 0 Å². The van der Waals surface area contributed by atoms with Crippen molar-refractivity contribution in [1.29, 1.82) is 0 Å². The summed E-state index contributed by atoms with van der Waals surface area (Å²) in [6.07, 6.45) is 56.6. The fourth-order valence-corrected chi connectivity index (χ4v) is 8.89. The first-order chi connectivity index (χ1) is 31.4. The lowest BCUT2D eigenvalue weighted by molar-refractivity contribution is -0.167. The summed E-state index contributed by atoms with van der Waals surface area (Å²) in [4.78, 5) is 38.0. The number of esters is 3. The highest BCUT2D eigenvalue weighted by atomic mass is 16.6. The third kappa shape index (κ3) is 49.8. The van der Waals surface area contributed by atoms with E-state index in [0.29, 0.717) is 19.3 Å². The van der Waals surface area contributed by atoms with E-state index in [1.807, 2.05) is 0 Å². The molecule has 0 saturated carbocycles. The van der Waals surface area contributed by atoms with Crippen molar-refractivity contribution in [3.05, 3.63) is 0 Å². The van der Waals surface area contributed by atoms with Crippen LogP contribution in [0, 0.1) is 5.92 Å². The average Bonchev–Trinajstić information content (AvgIpc) is 3.29. The minimum Gasteiger partial charge on any atom is -0.462 e. The summed E-state index contributed by atoms with van der Waals surface area (Å²) in [5.74, 6) is 0.0720. The van der Waals surface area contributed by atoms with Crippen LogP contribution < -0.4 is 0 Å². The topological polar surface area (TPSA) is 78.9 Å². The van der Waals surface area contributed by atoms with Crippen LogP contribution in [0.2, 0.25) is 0 Å². The molecule has 0 saturated heterocycles. The van der Waals surface area contributed by atoms with Gasteiger partial charge in [0.2, 0.25) is 0 Å². The highest BCUT2D eigenvalue weighted by molar-refractivity contribution is 5.71. The zero-order chi connectivity index (χ0) is 46.7. The van der Waals surface area contributed by atoms with Crippen LogP contribution in [0.15, 0.2) is 0 Å². The van der Waals surface area contributed by atoms with Crippen LogP contribution in [-0.4, -0.2) is 37.2 Å². The second-order valence-corrected chi connectivity index (χ2v) is 20.2. The molecule has 6 nitrogen and oxygen atoms in total. The molecule has 2 atom stereocenters. The third-order valence-corrected chi connectivity index (χ3v) is 13.7. The van der Waals surface area contributed by atoms with Crippen LogP contribution in [0.3, 0.4) is 0 Å². The number of unbranched alkanes of at least 4 members (excludes halogenated alkanes) is 39. The first-order valence-corrected chi connectivity index (χ1v) is 28.9. The third-order valence-electron chi connectivity index (χ3n) is 13.7. The Balaban J connectivity index is 4.18. The Hall–Kier alpha value is -1.59. The summed E-state index contributed by atoms with van der Waals surface area (Å²) in [6, 6.07) is 0. The Labute approximate surface area is 399 Å². The summed E-state index contributed by atoms with van der Waals surface area (Å²) in [7, 11) is 0. The van der Waals surface area contributed by atoms with Crippen LogP contribution in [0.1, 0.15) is 329 Å². The van der Waals surface area contributed by atoms with E-state index < -0.39 is 6.10 Å². The Morgan fingerprint density at radius 1 is 0.312 bits per heavy atom. The molecule has 0 aliphatic rings. The van der Waals surface area contributed by atoms with E-state index in [0.717, 1.165) is 63.7 Å². The molecule has 0 radical (unpaired) electrons. The van der Waals surface area contributed by atoms with E-state index in [4.69, 9.17) is 14.2 Å². The first-order valence-electron chi connectivity index (χ1n) is 28.9. The van der Waals surface area contributed by atoms with Gasteiger partial charge in [-0.25, -0.2) is 0 Å². The van der Waals surface area contributed by atoms with Crippen molar-refractivity contribution < 1.29 is 28.6 Å². The minimum absolute atomic E-state index is 0.0619. The van der Waals surface area contributed by atoms with Gasteiger partial charge in [0.15, 0.2) is 6.10 Å². The lowest BCUT2D eigenvalue weighted by Crippen LogP contribution is -2.30. The zero-order valence-corrected chi connectivity index (χ0v) is 43.8. The van der Waals surface area contributed by atoms with Crippen molar-refractivity contribution >= 4 is 17.9 Å². The molecule has 0 heterocycles. The lowest BCUT2D eigenvalue weighted by atomic mass is 9.99. The maximum Gasteiger partial charge on any atom is 0.306 e. The SMILES string of the molecule is CCCCCCCCCCCCCCCCC(=O)O[C@H](COC(=O)CCCCCCCCCCCC)COC(=O)CCCCCCCCCCCCCCCCCCCCC(C)CC. The fraction of sp³-hybridized carbons (Fsp3) is 0.948. The molecule has 0 amide bonds. The number of carbonyl (C=O) groups is 3. The van der Waals surface area contributed by atoms with Gasteiger partial charge in [-0.3, -0.25) is 14.4 Å².